The lowest BCUT2D eigenvalue weighted by molar-refractivity contribution is -0.116. The quantitative estimate of drug-likeness (QED) is 0.868. The molecule has 114 valence electrons. The molecule has 0 aliphatic carbocycles. The number of nitrogens with two attached hydrogens (primary N) is 1. The molecule has 0 radical (unpaired) electrons. The normalized spacial score (nSPS) is 19.2. The molecule has 1 unspecified atom stereocenters. The highest BCUT2D eigenvalue weighted by atomic mass is 16.2. The molecular formula is C16H23N3O2. The number of nitrogens with zero attached hydrogens (tertiary/aromatic N) is 1. The Morgan fingerprint density at radius 1 is 1.33 bits per heavy atom. The van der Waals surface area contributed by atoms with Crippen LogP contribution >= 0.6 is 0 Å². The Balaban J connectivity index is 1.77. The van der Waals surface area contributed by atoms with Gasteiger partial charge >= 0.3 is 0 Å². The number of hydrogen-bond acceptors (Lipinski definition) is 3. The molecule has 1 aliphatic rings. The maximum absolute atomic E-state index is 11.9. The summed E-state index contributed by atoms with van der Waals surface area (Å²) in [6, 6.07) is 6.62. The maximum Gasteiger partial charge on any atom is 0.248 e. The minimum absolute atomic E-state index is 0.0000477. The third kappa shape index (κ3) is 4.86. The van der Waals surface area contributed by atoms with Crippen LogP contribution in [0.25, 0.3) is 0 Å². The van der Waals surface area contributed by atoms with Crippen molar-refractivity contribution >= 4 is 17.5 Å². The van der Waals surface area contributed by atoms with Gasteiger partial charge in [0.05, 0.1) is 0 Å². The predicted molar refractivity (Wildman–Crippen MR) is 83.0 cm³/mol. The molecule has 0 spiro atoms. The number of amides is 2. The number of hydrogen-bond donors (Lipinski definition) is 2. The summed E-state index contributed by atoms with van der Waals surface area (Å²) in [4.78, 5) is 25.2. The van der Waals surface area contributed by atoms with Crippen LogP contribution in [0.15, 0.2) is 24.3 Å². The number of carbonyl (C=O) groups is 2. The van der Waals surface area contributed by atoms with Crippen molar-refractivity contribution in [3.8, 4) is 0 Å². The number of piperidine rings is 1. The van der Waals surface area contributed by atoms with E-state index in [1.54, 1.807) is 24.3 Å². The van der Waals surface area contributed by atoms with Crippen LogP contribution in [0.3, 0.4) is 0 Å². The molecule has 2 rings (SSSR count). The van der Waals surface area contributed by atoms with Gasteiger partial charge in [-0.25, -0.2) is 0 Å². The SMILES string of the molecule is CC1CCCN(CCC(=O)Nc2ccc(C(N)=O)cc2)C1. The summed E-state index contributed by atoms with van der Waals surface area (Å²) in [5, 5.41) is 2.84. The minimum Gasteiger partial charge on any atom is -0.366 e. The molecule has 1 aromatic rings. The average molecular weight is 289 g/mol. The van der Waals surface area contributed by atoms with Crippen molar-refractivity contribution in [3.05, 3.63) is 29.8 Å². The molecule has 3 N–H and O–H groups in total. The van der Waals surface area contributed by atoms with Crippen LogP contribution < -0.4 is 11.1 Å². The number of likely N-dealkylation sites (tertiary alicyclic amines) is 1. The summed E-state index contributed by atoms with van der Waals surface area (Å²) in [6.07, 6.45) is 3.00. The van der Waals surface area contributed by atoms with Gasteiger partial charge in [-0.05, 0) is 49.6 Å². The first kappa shape index (κ1) is 15.5. The Morgan fingerprint density at radius 2 is 2.05 bits per heavy atom. The van der Waals surface area contributed by atoms with Crippen molar-refractivity contribution in [1.29, 1.82) is 0 Å². The third-order valence-electron chi connectivity index (χ3n) is 3.85. The lowest BCUT2D eigenvalue weighted by atomic mass is 10.0. The number of carbonyl (C=O) groups excluding carboxylic acids is 2. The first-order valence-electron chi connectivity index (χ1n) is 7.46. The molecule has 0 aromatic heterocycles. The Morgan fingerprint density at radius 3 is 2.67 bits per heavy atom. The van der Waals surface area contributed by atoms with Crippen molar-refractivity contribution in [2.24, 2.45) is 11.7 Å². The van der Waals surface area contributed by atoms with Gasteiger partial charge in [0.1, 0.15) is 0 Å². The number of anilines is 1. The zero-order valence-electron chi connectivity index (χ0n) is 12.5. The van der Waals surface area contributed by atoms with Gasteiger partial charge in [-0.15, -0.1) is 0 Å². The third-order valence-corrected chi connectivity index (χ3v) is 3.85. The van der Waals surface area contributed by atoms with Gasteiger partial charge in [-0.3, -0.25) is 9.59 Å². The van der Waals surface area contributed by atoms with Crippen LogP contribution in [0.4, 0.5) is 5.69 Å². The van der Waals surface area contributed by atoms with Crippen molar-refractivity contribution in [3.63, 3.8) is 0 Å². The first-order valence-corrected chi connectivity index (χ1v) is 7.46. The van der Waals surface area contributed by atoms with Gasteiger partial charge in [-0.1, -0.05) is 6.92 Å². The van der Waals surface area contributed by atoms with E-state index in [1.165, 1.54) is 12.8 Å². The lowest BCUT2D eigenvalue weighted by Gasteiger charge is -2.30. The summed E-state index contributed by atoms with van der Waals surface area (Å²) >= 11 is 0. The number of benzene rings is 1. The van der Waals surface area contributed by atoms with E-state index in [0.29, 0.717) is 17.7 Å². The lowest BCUT2D eigenvalue weighted by Crippen LogP contribution is -2.36. The topological polar surface area (TPSA) is 75.4 Å². The van der Waals surface area contributed by atoms with E-state index in [0.717, 1.165) is 25.6 Å². The molecule has 0 saturated carbocycles. The van der Waals surface area contributed by atoms with Crippen molar-refractivity contribution in [2.45, 2.75) is 26.2 Å². The molecule has 1 aliphatic heterocycles. The number of primary amides is 1. The summed E-state index contributed by atoms with van der Waals surface area (Å²) in [5.41, 5.74) is 6.31. The van der Waals surface area contributed by atoms with Gasteiger partial charge < -0.3 is 16.0 Å². The fourth-order valence-electron chi connectivity index (χ4n) is 2.69. The maximum atomic E-state index is 11.9. The van der Waals surface area contributed by atoms with Crippen molar-refractivity contribution in [2.75, 3.05) is 25.0 Å². The molecule has 5 heteroatoms. The molecule has 1 fully saturated rings. The molecular weight excluding hydrogens is 266 g/mol. The average Bonchev–Trinajstić information content (AvgIpc) is 2.46. The standard InChI is InChI=1S/C16H23N3O2/c1-12-3-2-9-19(11-12)10-8-15(20)18-14-6-4-13(5-7-14)16(17)21/h4-7,12H,2-3,8-11H2,1H3,(H2,17,21)(H,18,20). The highest BCUT2D eigenvalue weighted by Crippen LogP contribution is 2.15. The van der Waals surface area contributed by atoms with Gasteiger partial charge in [0.15, 0.2) is 0 Å². The Hall–Kier alpha value is -1.88. The van der Waals surface area contributed by atoms with Crippen LogP contribution in [0.5, 0.6) is 0 Å². The van der Waals surface area contributed by atoms with E-state index < -0.39 is 5.91 Å². The summed E-state index contributed by atoms with van der Waals surface area (Å²) in [6.45, 7) is 5.23. The second kappa shape index (κ2) is 7.22. The fourth-order valence-corrected chi connectivity index (χ4v) is 2.69. The van der Waals surface area contributed by atoms with Crippen LogP contribution in [-0.4, -0.2) is 36.3 Å². The molecule has 21 heavy (non-hydrogen) atoms. The van der Waals surface area contributed by atoms with E-state index >= 15 is 0 Å². The Labute approximate surface area is 125 Å². The van der Waals surface area contributed by atoms with Gasteiger partial charge in [0.25, 0.3) is 0 Å². The number of rotatable bonds is 5. The van der Waals surface area contributed by atoms with Crippen LogP contribution in [0.1, 0.15) is 36.5 Å². The molecule has 0 bridgehead atoms. The molecule has 5 nitrogen and oxygen atoms in total. The summed E-state index contributed by atoms with van der Waals surface area (Å²) in [5.74, 6) is 0.260. The van der Waals surface area contributed by atoms with Gasteiger partial charge in [0.2, 0.25) is 11.8 Å². The second-order valence-corrected chi connectivity index (χ2v) is 5.79. The fraction of sp³-hybridized carbons (Fsp3) is 0.500. The van der Waals surface area contributed by atoms with Crippen LogP contribution in [0, 0.1) is 5.92 Å². The molecule has 1 aromatic carbocycles. The molecule has 1 saturated heterocycles. The van der Waals surface area contributed by atoms with E-state index in [2.05, 4.69) is 17.1 Å². The van der Waals surface area contributed by atoms with Crippen molar-refractivity contribution in [1.82, 2.24) is 4.90 Å². The minimum atomic E-state index is -0.466. The monoisotopic (exact) mass is 289 g/mol. The van der Waals surface area contributed by atoms with Crippen LogP contribution in [0.2, 0.25) is 0 Å². The predicted octanol–water partition coefficient (Wildman–Crippen LogP) is 1.85. The van der Waals surface area contributed by atoms with E-state index in [-0.39, 0.29) is 5.91 Å². The molecule has 2 amide bonds. The summed E-state index contributed by atoms with van der Waals surface area (Å²) < 4.78 is 0. The second-order valence-electron chi connectivity index (χ2n) is 5.79. The van der Waals surface area contributed by atoms with E-state index in [4.69, 9.17) is 5.73 Å². The van der Waals surface area contributed by atoms with Gasteiger partial charge in [-0.2, -0.15) is 0 Å². The highest BCUT2D eigenvalue weighted by Gasteiger charge is 2.16. The van der Waals surface area contributed by atoms with E-state index in [9.17, 15) is 9.59 Å². The highest BCUT2D eigenvalue weighted by molar-refractivity contribution is 5.94. The van der Waals surface area contributed by atoms with Crippen LogP contribution in [-0.2, 0) is 4.79 Å². The zero-order chi connectivity index (χ0) is 15.2. The zero-order valence-corrected chi connectivity index (χ0v) is 12.5. The van der Waals surface area contributed by atoms with E-state index in [1.807, 2.05) is 0 Å². The summed E-state index contributed by atoms with van der Waals surface area (Å²) in [7, 11) is 0. The molecule has 1 atom stereocenters. The largest absolute Gasteiger partial charge is 0.366 e. The molecule has 1 heterocycles. The van der Waals surface area contributed by atoms with Crippen molar-refractivity contribution < 1.29 is 9.59 Å². The Bertz CT molecular complexity index is 499. The number of nitrogens with one attached hydrogen (secondary N) is 1. The van der Waals surface area contributed by atoms with Gasteiger partial charge in [0, 0.05) is 30.8 Å². The Kier molecular flexibility index (Phi) is 5.33. The first-order chi connectivity index (χ1) is 10.0. The smallest absolute Gasteiger partial charge is 0.248 e.